The average molecular weight is 303 g/mol. The van der Waals surface area contributed by atoms with Crippen molar-refractivity contribution in [2.45, 2.75) is 19.3 Å². The molecule has 0 spiro atoms. The number of hydrogen-bond acceptors (Lipinski definition) is 3. The molecule has 5 heteroatoms. The lowest BCUT2D eigenvalue weighted by Gasteiger charge is -2.36. The zero-order valence-corrected chi connectivity index (χ0v) is 13.4. The topological polar surface area (TPSA) is 52.7 Å². The average Bonchev–Trinajstić information content (AvgIpc) is 2.57. The largest absolute Gasteiger partial charge is 0.358 e. The monoisotopic (exact) mass is 303 g/mol. The van der Waals surface area contributed by atoms with Crippen LogP contribution in [0.1, 0.15) is 24.8 Å². The minimum absolute atomic E-state index is 0.0236. The van der Waals surface area contributed by atoms with E-state index in [4.69, 9.17) is 0 Å². The predicted octanol–water partition coefficient (Wildman–Crippen LogP) is 1.07. The van der Waals surface area contributed by atoms with Gasteiger partial charge in [0, 0.05) is 33.2 Å². The van der Waals surface area contributed by atoms with Gasteiger partial charge in [-0.05, 0) is 12.0 Å². The van der Waals surface area contributed by atoms with E-state index >= 15 is 0 Å². The summed E-state index contributed by atoms with van der Waals surface area (Å²) in [6.45, 7) is 5.36. The van der Waals surface area contributed by atoms with E-state index in [2.05, 4.69) is 17.1 Å². The standard InChI is InChI=1S/C17H25N3O2/c1-3-15(14-7-5-4-6-8-14)17(22)20-11-9-19(10-12-20)13-16(21)18-2/h4-8,15H,3,9-13H2,1-2H3,(H,18,21). The van der Waals surface area contributed by atoms with E-state index in [0.29, 0.717) is 19.6 Å². The second kappa shape index (κ2) is 7.94. The van der Waals surface area contributed by atoms with Gasteiger partial charge in [0.2, 0.25) is 11.8 Å². The first kappa shape index (κ1) is 16.5. The van der Waals surface area contributed by atoms with Crippen LogP contribution in [0, 0.1) is 0 Å². The van der Waals surface area contributed by atoms with Crippen LogP contribution in [0.5, 0.6) is 0 Å². The predicted molar refractivity (Wildman–Crippen MR) is 86.6 cm³/mol. The van der Waals surface area contributed by atoms with Crippen molar-refractivity contribution >= 4 is 11.8 Å². The molecule has 0 bridgehead atoms. The SMILES string of the molecule is CCC(C(=O)N1CCN(CC(=O)NC)CC1)c1ccccc1. The Morgan fingerprint density at radius 1 is 1.14 bits per heavy atom. The van der Waals surface area contributed by atoms with Crippen molar-refractivity contribution in [2.24, 2.45) is 0 Å². The second-order valence-electron chi connectivity index (χ2n) is 5.65. The van der Waals surface area contributed by atoms with Crippen LogP contribution < -0.4 is 5.32 Å². The van der Waals surface area contributed by atoms with E-state index in [1.165, 1.54) is 0 Å². The molecule has 2 amide bonds. The molecule has 0 aliphatic carbocycles. The van der Waals surface area contributed by atoms with E-state index in [1.807, 2.05) is 35.2 Å². The third kappa shape index (κ3) is 4.07. The molecule has 22 heavy (non-hydrogen) atoms. The van der Waals surface area contributed by atoms with Gasteiger partial charge in [0.25, 0.3) is 0 Å². The Morgan fingerprint density at radius 3 is 2.32 bits per heavy atom. The summed E-state index contributed by atoms with van der Waals surface area (Å²) in [6, 6.07) is 9.97. The lowest BCUT2D eigenvalue weighted by atomic mass is 9.95. The van der Waals surface area contributed by atoms with Crippen molar-refractivity contribution in [3.8, 4) is 0 Å². The summed E-state index contributed by atoms with van der Waals surface area (Å²) in [5, 5.41) is 2.63. The molecule has 1 aliphatic heterocycles. The molecule has 120 valence electrons. The normalized spacial score (nSPS) is 17.1. The van der Waals surface area contributed by atoms with Gasteiger partial charge < -0.3 is 10.2 Å². The van der Waals surface area contributed by atoms with Crippen LogP contribution in [0.15, 0.2) is 30.3 Å². The number of likely N-dealkylation sites (N-methyl/N-ethyl adjacent to an activating group) is 1. The minimum atomic E-state index is -0.0632. The highest BCUT2D eigenvalue weighted by Crippen LogP contribution is 2.22. The second-order valence-corrected chi connectivity index (χ2v) is 5.65. The van der Waals surface area contributed by atoms with E-state index in [0.717, 1.165) is 25.1 Å². The van der Waals surface area contributed by atoms with Crippen molar-refractivity contribution in [3.05, 3.63) is 35.9 Å². The van der Waals surface area contributed by atoms with Gasteiger partial charge in [-0.1, -0.05) is 37.3 Å². The molecule has 2 rings (SSSR count). The molecule has 1 aromatic carbocycles. The molecule has 1 N–H and O–H groups in total. The summed E-state index contributed by atoms with van der Waals surface area (Å²) in [4.78, 5) is 28.2. The molecule has 1 heterocycles. The Morgan fingerprint density at radius 2 is 1.77 bits per heavy atom. The van der Waals surface area contributed by atoms with Crippen molar-refractivity contribution in [1.82, 2.24) is 15.1 Å². The summed E-state index contributed by atoms with van der Waals surface area (Å²) >= 11 is 0. The smallest absolute Gasteiger partial charge is 0.233 e. The maximum Gasteiger partial charge on any atom is 0.233 e. The fourth-order valence-electron chi connectivity index (χ4n) is 2.87. The lowest BCUT2D eigenvalue weighted by molar-refractivity contribution is -0.135. The summed E-state index contributed by atoms with van der Waals surface area (Å²) in [5.74, 6) is 0.162. The fraction of sp³-hybridized carbons (Fsp3) is 0.529. The van der Waals surface area contributed by atoms with Crippen LogP contribution in [-0.2, 0) is 9.59 Å². The molecule has 1 aliphatic rings. The summed E-state index contributed by atoms with van der Waals surface area (Å²) in [5.41, 5.74) is 1.09. The Labute approximate surface area is 132 Å². The molecule has 0 saturated carbocycles. The summed E-state index contributed by atoms with van der Waals surface area (Å²) in [6.07, 6.45) is 0.807. The fourth-order valence-corrected chi connectivity index (χ4v) is 2.87. The molecule has 0 radical (unpaired) electrons. The van der Waals surface area contributed by atoms with Gasteiger partial charge in [0.05, 0.1) is 12.5 Å². The van der Waals surface area contributed by atoms with E-state index in [-0.39, 0.29) is 17.7 Å². The van der Waals surface area contributed by atoms with Crippen LogP contribution in [0.4, 0.5) is 0 Å². The Kier molecular flexibility index (Phi) is 5.95. The van der Waals surface area contributed by atoms with Gasteiger partial charge in [0.15, 0.2) is 0 Å². The van der Waals surface area contributed by atoms with Gasteiger partial charge in [-0.25, -0.2) is 0 Å². The van der Waals surface area contributed by atoms with E-state index < -0.39 is 0 Å². The molecule has 5 nitrogen and oxygen atoms in total. The molecule has 1 aromatic rings. The number of carbonyl (C=O) groups excluding carboxylic acids is 2. The third-order valence-corrected chi connectivity index (χ3v) is 4.24. The number of nitrogens with one attached hydrogen (secondary N) is 1. The van der Waals surface area contributed by atoms with Gasteiger partial charge in [0.1, 0.15) is 0 Å². The van der Waals surface area contributed by atoms with Crippen LogP contribution in [0.3, 0.4) is 0 Å². The minimum Gasteiger partial charge on any atom is -0.358 e. The zero-order chi connectivity index (χ0) is 15.9. The maximum atomic E-state index is 12.7. The summed E-state index contributed by atoms with van der Waals surface area (Å²) in [7, 11) is 1.65. The summed E-state index contributed by atoms with van der Waals surface area (Å²) < 4.78 is 0. The van der Waals surface area contributed by atoms with Crippen molar-refractivity contribution in [2.75, 3.05) is 39.8 Å². The number of nitrogens with zero attached hydrogens (tertiary/aromatic N) is 2. The molecule has 1 unspecified atom stereocenters. The number of carbonyl (C=O) groups is 2. The zero-order valence-electron chi connectivity index (χ0n) is 13.4. The van der Waals surface area contributed by atoms with Crippen molar-refractivity contribution in [1.29, 1.82) is 0 Å². The quantitative estimate of drug-likeness (QED) is 0.885. The number of benzene rings is 1. The molecule has 1 atom stereocenters. The Bertz CT molecular complexity index is 496. The van der Waals surface area contributed by atoms with Gasteiger partial charge >= 0.3 is 0 Å². The molecule has 1 fully saturated rings. The highest BCUT2D eigenvalue weighted by Gasteiger charge is 2.27. The number of rotatable bonds is 5. The lowest BCUT2D eigenvalue weighted by Crippen LogP contribution is -2.51. The number of amides is 2. The van der Waals surface area contributed by atoms with Crippen molar-refractivity contribution in [3.63, 3.8) is 0 Å². The molecular weight excluding hydrogens is 278 g/mol. The van der Waals surface area contributed by atoms with Crippen LogP contribution in [-0.4, -0.2) is 61.4 Å². The van der Waals surface area contributed by atoms with Crippen LogP contribution >= 0.6 is 0 Å². The van der Waals surface area contributed by atoms with Crippen LogP contribution in [0.25, 0.3) is 0 Å². The molecule has 1 saturated heterocycles. The third-order valence-electron chi connectivity index (χ3n) is 4.24. The van der Waals surface area contributed by atoms with Gasteiger partial charge in [-0.2, -0.15) is 0 Å². The van der Waals surface area contributed by atoms with Gasteiger partial charge in [-0.3, -0.25) is 14.5 Å². The number of piperazine rings is 1. The highest BCUT2D eigenvalue weighted by atomic mass is 16.2. The number of hydrogen-bond donors (Lipinski definition) is 1. The molecular formula is C17H25N3O2. The maximum absolute atomic E-state index is 12.7. The Hall–Kier alpha value is -1.88. The van der Waals surface area contributed by atoms with Gasteiger partial charge in [-0.15, -0.1) is 0 Å². The molecule has 0 aromatic heterocycles. The van der Waals surface area contributed by atoms with E-state index in [9.17, 15) is 9.59 Å². The van der Waals surface area contributed by atoms with Crippen molar-refractivity contribution < 1.29 is 9.59 Å². The highest BCUT2D eigenvalue weighted by molar-refractivity contribution is 5.84. The first-order chi connectivity index (χ1) is 10.7. The Balaban J connectivity index is 1.92. The first-order valence-corrected chi connectivity index (χ1v) is 7.92. The van der Waals surface area contributed by atoms with Crippen LogP contribution in [0.2, 0.25) is 0 Å². The first-order valence-electron chi connectivity index (χ1n) is 7.92. The van der Waals surface area contributed by atoms with E-state index in [1.54, 1.807) is 7.05 Å².